The zero-order valence-corrected chi connectivity index (χ0v) is 17.5. The number of carbonyl (C=O) groups is 1. The molecule has 0 aliphatic heterocycles. The summed E-state index contributed by atoms with van der Waals surface area (Å²) in [6.45, 7) is -0.669. The van der Waals surface area contributed by atoms with E-state index in [1.807, 2.05) is 0 Å². The summed E-state index contributed by atoms with van der Waals surface area (Å²) in [5, 5.41) is 22.2. The van der Waals surface area contributed by atoms with Crippen molar-refractivity contribution in [1.29, 1.82) is 0 Å². The molecule has 30 heavy (non-hydrogen) atoms. The highest BCUT2D eigenvalue weighted by atomic mass is 35.5. The molecule has 0 aliphatic rings. The van der Waals surface area contributed by atoms with E-state index in [4.69, 9.17) is 23.2 Å². The topological polar surface area (TPSA) is 134 Å². The molecule has 10 nitrogen and oxygen atoms in total. The Kier molecular flexibility index (Phi) is 8.96. The number of hydrogen-bond donors (Lipinski definition) is 1. The van der Waals surface area contributed by atoms with Crippen molar-refractivity contribution >= 4 is 51.5 Å². The van der Waals surface area contributed by atoms with Crippen LogP contribution in [0.3, 0.4) is 0 Å². The van der Waals surface area contributed by atoms with Crippen LogP contribution >= 0.6 is 35.0 Å². The summed E-state index contributed by atoms with van der Waals surface area (Å²) in [7, 11) is 0. The second-order valence-corrected chi connectivity index (χ2v) is 7.60. The molecule has 13 heteroatoms. The minimum Gasteiger partial charge on any atom is -0.353 e. The van der Waals surface area contributed by atoms with Crippen LogP contribution < -0.4 is 5.32 Å². The molecule has 160 valence electrons. The molecule has 0 fully saturated rings. The highest BCUT2D eigenvalue weighted by molar-refractivity contribution is 8.13. The number of para-hydroxylation sites is 2. The zero-order chi connectivity index (χ0) is 22.1. The summed E-state index contributed by atoms with van der Waals surface area (Å²) in [6, 6.07) is 12.0. The number of benzene rings is 2. The first-order valence-corrected chi connectivity index (χ1v) is 10.0. The third-order valence-electron chi connectivity index (χ3n) is 3.61. The standard InChI is InChI=1S/C17H15Cl2N3O7S/c18-13-5-3-6-14(19)17(13)20-15-7-2-1-4-11(15)8-16(23)30-10-12(29-22(26)27)9-28-21(24)25/h1-7,12,20H,8-10H2. The molecule has 0 spiro atoms. The third kappa shape index (κ3) is 7.58. The fraction of sp³-hybridized carbons (Fsp3) is 0.235. The van der Waals surface area contributed by atoms with Gasteiger partial charge >= 0.3 is 0 Å². The molecular formula is C17H15Cl2N3O7S. The van der Waals surface area contributed by atoms with E-state index in [9.17, 15) is 25.0 Å². The molecule has 0 heterocycles. The molecule has 1 atom stereocenters. The second kappa shape index (κ2) is 11.4. The molecule has 2 rings (SSSR count). The average Bonchev–Trinajstić information content (AvgIpc) is 2.68. The van der Waals surface area contributed by atoms with E-state index in [2.05, 4.69) is 15.0 Å². The summed E-state index contributed by atoms with van der Waals surface area (Å²) in [5.74, 6) is -0.195. The summed E-state index contributed by atoms with van der Waals surface area (Å²) < 4.78 is 0. The van der Waals surface area contributed by atoms with E-state index >= 15 is 0 Å². The van der Waals surface area contributed by atoms with Crippen molar-refractivity contribution < 1.29 is 24.6 Å². The molecule has 2 aromatic rings. The maximum absolute atomic E-state index is 12.4. The number of nitrogens with one attached hydrogen (secondary N) is 1. The van der Waals surface area contributed by atoms with E-state index in [0.29, 0.717) is 27.0 Å². The van der Waals surface area contributed by atoms with E-state index in [1.165, 1.54) is 0 Å². The van der Waals surface area contributed by atoms with Gasteiger partial charge in [-0.25, -0.2) is 0 Å². The fourth-order valence-electron chi connectivity index (χ4n) is 2.32. The maximum Gasteiger partial charge on any atom is 0.294 e. The van der Waals surface area contributed by atoms with E-state index in [1.54, 1.807) is 42.5 Å². The molecule has 0 radical (unpaired) electrons. The SMILES string of the molecule is O=C(Cc1ccccc1Nc1c(Cl)cccc1Cl)SCC(CO[N+](=O)[O-])O[N+](=O)[O-]. The van der Waals surface area contributed by atoms with E-state index in [-0.39, 0.29) is 17.3 Å². The molecule has 0 saturated carbocycles. The molecule has 0 aliphatic carbocycles. The van der Waals surface area contributed by atoms with Crippen LogP contribution in [0.25, 0.3) is 0 Å². The van der Waals surface area contributed by atoms with Crippen LogP contribution in [-0.4, -0.2) is 33.8 Å². The molecule has 1 N–H and O–H groups in total. The van der Waals surface area contributed by atoms with Crippen LogP contribution in [0, 0.1) is 20.2 Å². The summed E-state index contributed by atoms with van der Waals surface area (Å²) in [6.07, 6.45) is -1.29. The van der Waals surface area contributed by atoms with Gasteiger partial charge < -0.3 is 15.0 Å². The van der Waals surface area contributed by atoms with Crippen molar-refractivity contribution in [3.05, 3.63) is 78.3 Å². The Bertz CT molecular complexity index is 912. The van der Waals surface area contributed by atoms with Crippen molar-refractivity contribution in [2.24, 2.45) is 0 Å². The minimum atomic E-state index is -1.27. The van der Waals surface area contributed by atoms with E-state index in [0.717, 1.165) is 11.8 Å². The van der Waals surface area contributed by atoms with Gasteiger partial charge in [-0.3, -0.25) is 4.79 Å². The van der Waals surface area contributed by atoms with Crippen LogP contribution in [0.5, 0.6) is 0 Å². The molecule has 0 amide bonds. The van der Waals surface area contributed by atoms with Crippen molar-refractivity contribution in [3.63, 3.8) is 0 Å². The van der Waals surface area contributed by atoms with E-state index < -0.39 is 22.9 Å². The summed E-state index contributed by atoms with van der Waals surface area (Å²) in [4.78, 5) is 41.5. The predicted molar refractivity (Wildman–Crippen MR) is 112 cm³/mol. The molecule has 0 aromatic heterocycles. The lowest BCUT2D eigenvalue weighted by molar-refractivity contribution is -0.788. The highest BCUT2D eigenvalue weighted by Crippen LogP contribution is 2.33. The number of halogens is 2. The van der Waals surface area contributed by atoms with Crippen LogP contribution in [0.4, 0.5) is 11.4 Å². The fourth-order valence-corrected chi connectivity index (χ4v) is 3.59. The monoisotopic (exact) mass is 475 g/mol. The van der Waals surface area contributed by atoms with Crippen LogP contribution in [0.15, 0.2) is 42.5 Å². The van der Waals surface area contributed by atoms with Crippen molar-refractivity contribution in [3.8, 4) is 0 Å². The van der Waals surface area contributed by atoms with Crippen molar-refractivity contribution in [2.45, 2.75) is 12.5 Å². The Hall–Kier alpha value is -2.76. The summed E-state index contributed by atoms with van der Waals surface area (Å²) in [5.41, 5.74) is 1.74. The van der Waals surface area contributed by atoms with Gasteiger partial charge in [-0.1, -0.05) is 59.2 Å². The Morgan fingerprint density at radius 1 is 1.07 bits per heavy atom. The van der Waals surface area contributed by atoms with Gasteiger partial charge in [-0.2, -0.15) is 0 Å². The molecule has 2 aromatic carbocycles. The Labute approximate surface area is 184 Å². The lowest BCUT2D eigenvalue weighted by Gasteiger charge is -2.15. The second-order valence-electron chi connectivity index (χ2n) is 5.71. The number of thioether (sulfide) groups is 1. The number of rotatable bonds is 11. The van der Waals surface area contributed by atoms with Crippen LogP contribution in [-0.2, 0) is 20.9 Å². The number of nitrogens with zero attached hydrogens (tertiary/aromatic N) is 2. The average molecular weight is 476 g/mol. The van der Waals surface area contributed by atoms with Crippen LogP contribution in [0.1, 0.15) is 5.56 Å². The first-order chi connectivity index (χ1) is 14.3. The number of carbonyl (C=O) groups excluding carboxylic acids is 1. The normalized spacial score (nSPS) is 11.4. The lowest BCUT2D eigenvalue weighted by atomic mass is 10.1. The lowest BCUT2D eigenvalue weighted by Crippen LogP contribution is -2.27. The van der Waals surface area contributed by atoms with Gasteiger partial charge in [-0.15, -0.1) is 20.2 Å². The minimum absolute atomic E-state index is 0.0167. The first kappa shape index (κ1) is 23.5. The smallest absolute Gasteiger partial charge is 0.294 e. The maximum atomic E-state index is 12.4. The number of hydrogen-bond acceptors (Lipinski definition) is 9. The molecule has 0 saturated heterocycles. The number of anilines is 2. The van der Waals surface area contributed by atoms with Gasteiger partial charge in [0.25, 0.3) is 10.2 Å². The Morgan fingerprint density at radius 3 is 2.37 bits per heavy atom. The highest BCUT2D eigenvalue weighted by Gasteiger charge is 2.19. The van der Waals surface area contributed by atoms with Crippen molar-refractivity contribution in [2.75, 3.05) is 17.7 Å². The van der Waals surface area contributed by atoms with Gasteiger partial charge in [0.15, 0.2) is 5.12 Å². The summed E-state index contributed by atoms with van der Waals surface area (Å²) >= 11 is 13.1. The zero-order valence-electron chi connectivity index (χ0n) is 15.2. The molecule has 0 bridgehead atoms. The Morgan fingerprint density at radius 2 is 1.73 bits per heavy atom. The quantitative estimate of drug-likeness (QED) is 0.372. The largest absolute Gasteiger partial charge is 0.353 e. The van der Waals surface area contributed by atoms with Crippen molar-refractivity contribution in [1.82, 2.24) is 0 Å². The third-order valence-corrected chi connectivity index (χ3v) is 5.24. The Balaban J connectivity index is 2.03. The predicted octanol–water partition coefficient (Wildman–Crippen LogP) is 4.32. The van der Waals surface area contributed by atoms with Gasteiger partial charge in [0.05, 0.1) is 15.7 Å². The van der Waals surface area contributed by atoms with Gasteiger partial charge in [0.2, 0.25) is 0 Å². The van der Waals surface area contributed by atoms with Gasteiger partial charge in [-0.05, 0) is 23.8 Å². The van der Waals surface area contributed by atoms with Gasteiger partial charge in [0, 0.05) is 17.9 Å². The van der Waals surface area contributed by atoms with Crippen LogP contribution in [0.2, 0.25) is 10.0 Å². The van der Waals surface area contributed by atoms with Gasteiger partial charge in [0.1, 0.15) is 12.7 Å². The molecule has 1 unspecified atom stereocenters. The molecular weight excluding hydrogens is 461 g/mol. The first-order valence-electron chi connectivity index (χ1n) is 8.29.